The molecule has 1 aliphatic rings. The third kappa shape index (κ3) is 1.94. The van der Waals surface area contributed by atoms with Crippen molar-refractivity contribution in [1.82, 2.24) is 9.97 Å². The van der Waals surface area contributed by atoms with Crippen LogP contribution in [0.4, 0.5) is 4.39 Å². The Hall–Kier alpha value is -1.12. The van der Waals surface area contributed by atoms with Crippen LogP contribution in [0.5, 0.6) is 0 Å². The predicted octanol–water partition coefficient (Wildman–Crippen LogP) is 2.36. The molecule has 0 fully saturated rings. The van der Waals surface area contributed by atoms with Crippen molar-refractivity contribution in [2.75, 3.05) is 5.75 Å². The summed E-state index contributed by atoms with van der Waals surface area (Å²) in [6, 6.07) is 0. The second-order valence-corrected chi connectivity index (χ2v) is 7.36. The topological polar surface area (TPSA) is 69.2 Å². The predicted molar refractivity (Wildman–Crippen MR) is 73.4 cm³/mol. The van der Waals surface area contributed by atoms with E-state index in [0.29, 0.717) is 18.6 Å². The zero-order chi connectivity index (χ0) is 14.5. The van der Waals surface area contributed by atoms with Crippen LogP contribution < -0.4 is 0 Å². The molecule has 0 saturated carbocycles. The summed E-state index contributed by atoms with van der Waals surface area (Å²) < 4.78 is 43.5. The maximum atomic E-state index is 14.3. The van der Waals surface area contributed by atoms with Crippen LogP contribution in [-0.2, 0) is 27.8 Å². The summed E-state index contributed by atoms with van der Waals surface area (Å²) >= 11 is 3.18. The second-order valence-electron chi connectivity index (χ2n) is 4.40. The number of nitrogens with zero attached hydrogens (tertiary/aromatic N) is 2. The molecule has 1 aliphatic heterocycles. The average molecular weight is 361 g/mol. The maximum Gasteiger partial charge on any atom is 0.247 e. The fourth-order valence-electron chi connectivity index (χ4n) is 2.13. The minimum atomic E-state index is -3.57. The van der Waals surface area contributed by atoms with Gasteiger partial charge in [0.15, 0.2) is 5.82 Å². The highest BCUT2D eigenvalue weighted by atomic mass is 79.9. The summed E-state index contributed by atoms with van der Waals surface area (Å²) in [5.74, 6) is -0.714. The lowest BCUT2D eigenvalue weighted by atomic mass is 10.1. The van der Waals surface area contributed by atoms with Gasteiger partial charge in [0, 0.05) is 17.1 Å². The molecule has 0 radical (unpaired) electrons. The van der Waals surface area contributed by atoms with Gasteiger partial charge >= 0.3 is 0 Å². The molecule has 0 N–H and O–H groups in total. The van der Waals surface area contributed by atoms with Crippen LogP contribution in [0.25, 0.3) is 10.9 Å². The van der Waals surface area contributed by atoms with Crippen molar-refractivity contribution < 1.29 is 17.5 Å². The molecule has 2 heterocycles. The lowest BCUT2D eigenvalue weighted by Gasteiger charge is -2.09. The zero-order valence-electron chi connectivity index (χ0n) is 10.5. The molecule has 1 aromatic carbocycles. The number of aromatic nitrogens is 2. The van der Waals surface area contributed by atoms with Crippen LogP contribution in [0.15, 0.2) is 15.8 Å². The smallest absolute Gasteiger partial charge is 0.247 e. The Labute approximate surface area is 123 Å². The van der Waals surface area contributed by atoms with Crippen LogP contribution in [0.1, 0.15) is 18.1 Å². The molecule has 20 heavy (non-hydrogen) atoms. The molecular formula is C12H10BrFN2O3S. The average Bonchev–Trinajstić information content (AvgIpc) is 2.93. The molecule has 0 unspecified atom stereocenters. The van der Waals surface area contributed by atoms with Gasteiger partial charge < -0.3 is 4.74 Å². The maximum absolute atomic E-state index is 14.3. The molecule has 5 nitrogen and oxygen atoms in total. The van der Waals surface area contributed by atoms with Gasteiger partial charge in [-0.3, -0.25) is 0 Å². The summed E-state index contributed by atoms with van der Waals surface area (Å²) in [6.07, 6.45) is 1.36. The van der Waals surface area contributed by atoms with E-state index >= 15 is 0 Å². The van der Waals surface area contributed by atoms with Crippen LogP contribution in [-0.4, -0.2) is 24.1 Å². The molecule has 8 heteroatoms. The summed E-state index contributed by atoms with van der Waals surface area (Å²) in [4.78, 5) is 7.76. The van der Waals surface area contributed by atoms with Crippen LogP contribution >= 0.6 is 15.9 Å². The van der Waals surface area contributed by atoms with Crippen molar-refractivity contribution in [3.63, 3.8) is 0 Å². The third-order valence-electron chi connectivity index (χ3n) is 3.27. The minimum absolute atomic E-state index is 0.00292. The van der Waals surface area contributed by atoms with Crippen molar-refractivity contribution in [3.05, 3.63) is 27.6 Å². The van der Waals surface area contributed by atoms with Crippen molar-refractivity contribution in [1.29, 1.82) is 0 Å². The van der Waals surface area contributed by atoms with E-state index in [2.05, 4.69) is 25.9 Å². The van der Waals surface area contributed by atoms with Crippen LogP contribution in [0, 0.1) is 5.82 Å². The van der Waals surface area contributed by atoms with Gasteiger partial charge in [0.2, 0.25) is 15.0 Å². The Morgan fingerprint density at radius 2 is 2.10 bits per heavy atom. The number of sulfone groups is 1. The van der Waals surface area contributed by atoms with Crippen molar-refractivity contribution in [3.8, 4) is 0 Å². The minimum Gasteiger partial charge on any atom is -0.372 e. The van der Waals surface area contributed by atoms with E-state index < -0.39 is 15.7 Å². The number of ether oxygens (including phenoxy) is 1. The van der Waals surface area contributed by atoms with E-state index in [1.54, 1.807) is 0 Å². The largest absolute Gasteiger partial charge is 0.372 e. The fourth-order valence-corrected chi connectivity index (χ4v) is 3.38. The lowest BCUT2D eigenvalue weighted by Crippen LogP contribution is -2.09. The van der Waals surface area contributed by atoms with E-state index in [0.717, 1.165) is 11.1 Å². The quantitative estimate of drug-likeness (QED) is 0.768. The number of hydrogen-bond acceptors (Lipinski definition) is 5. The second kappa shape index (κ2) is 4.71. The van der Waals surface area contributed by atoms with Gasteiger partial charge in [-0.25, -0.2) is 22.8 Å². The van der Waals surface area contributed by atoms with Gasteiger partial charge in [0.05, 0.1) is 23.4 Å². The number of halogens is 2. The SMILES string of the molecule is CCS(=O)(=O)c1ncc2c3c(c(Br)c(F)c2n1)COC3. The van der Waals surface area contributed by atoms with Gasteiger partial charge in [-0.05, 0) is 21.5 Å². The van der Waals surface area contributed by atoms with Gasteiger partial charge in [-0.15, -0.1) is 0 Å². The molecule has 0 atom stereocenters. The van der Waals surface area contributed by atoms with E-state index in [1.807, 2.05) is 0 Å². The van der Waals surface area contributed by atoms with Gasteiger partial charge in [0.25, 0.3) is 0 Å². The summed E-state index contributed by atoms with van der Waals surface area (Å²) in [5, 5.41) is 0.144. The molecule has 0 aliphatic carbocycles. The summed E-state index contributed by atoms with van der Waals surface area (Å²) in [6.45, 7) is 2.15. The Balaban J connectivity index is 2.37. The summed E-state index contributed by atoms with van der Waals surface area (Å²) in [5.41, 5.74) is 1.53. The molecule has 2 aromatic rings. The molecule has 106 valence electrons. The van der Waals surface area contributed by atoms with Crippen molar-refractivity contribution in [2.24, 2.45) is 0 Å². The lowest BCUT2D eigenvalue weighted by molar-refractivity contribution is 0.134. The van der Waals surface area contributed by atoms with Crippen LogP contribution in [0.2, 0.25) is 0 Å². The number of rotatable bonds is 2. The molecule has 0 amide bonds. The van der Waals surface area contributed by atoms with E-state index in [-0.39, 0.29) is 20.9 Å². The zero-order valence-corrected chi connectivity index (χ0v) is 12.9. The van der Waals surface area contributed by atoms with E-state index in [9.17, 15) is 12.8 Å². The molecule has 0 saturated heterocycles. The third-order valence-corrected chi connectivity index (χ3v) is 5.61. The van der Waals surface area contributed by atoms with Gasteiger partial charge in [0.1, 0.15) is 5.52 Å². The van der Waals surface area contributed by atoms with Crippen molar-refractivity contribution >= 4 is 36.7 Å². The summed E-state index contributed by atoms with van der Waals surface area (Å²) in [7, 11) is -3.57. The molecule has 3 rings (SSSR count). The van der Waals surface area contributed by atoms with E-state index in [4.69, 9.17) is 4.74 Å². The van der Waals surface area contributed by atoms with Crippen molar-refractivity contribution in [2.45, 2.75) is 25.3 Å². The molecule has 0 bridgehead atoms. The molecular weight excluding hydrogens is 351 g/mol. The normalized spacial score (nSPS) is 14.8. The first-order valence-corrected chi connectivity index (χ1v) is 8.36. The first-order valence-electron chi connectivity index (χ1n) is 5.91. The Morgan fingerprint density at radius 1 is 1.40 bits per heavy atom. The standard InChI is InChI=1S/C12H10BrFN2O3S/c1-2-20(17,18)12-15-3-6-7-4-19-5-8(7)9(13)10(14)11(6)16-12/h3H,2,4-5H2,1H3. The Morgan fingerprint density at radius 3 is 2.80 bits per heavy atom. The van der Waals surface area contributed by atoms with E-state index in [1.165, 1.54) is 13.1 Å². The first kappa shape index (κ1) is 13.8. The van der Waals surface area contributed by atoms with Gasteiger partial charge in [-0.2, -0.15) is 0 Å². The van der Waals surface area contributed by atoms with Crippen LogP contribution in [0.3, 0.4) is 0 Å². The Bertz CT molecular complexity index is 823. The number of benzene rings is 1. The number of fused-ring (bicyclic) bond motifs is 3. The highest BCUT2D eigenvalue weighted by molar-refractivity contribution is 9.10. The molecule has 0 spiro atoms. The monoisotopic (exact) mass is 360 g/mol. The van der Waals surface area contributed by atoms with Gasteiger partial charge in [-0.1, -0.05) is 6.92 Å². The first-order chi connectivity index (χ1) is 9.45. The highest BCUT2D eigenvalue weighted by Gasteiger charge is 2.25. The highest BCUT2D eigenvalue weighted by Crippen LogP contribution is 2.36. The number of hydrogen-bond donors (Lipinski definition) is 0. The molecule has 1 aromatic heterocycles. The Kier molecular flexibility index (Phi) is 3.26. The fraction of sp³-hybridized carbons (Fsp3) is 0.333.